The number of hydrogen-bond donors (Lipinski definition) is 1. The largest absolute Gasteiger partial charge is 0.497 e. The molecule has 1 aliphatic rings. The Hall–Kier alpha value is -1.75. The van der Waals surface area contributed by atoms with Crippen LogP contribution in [0.3, 0.4) is 0 Å². The number of carbonyl (C=O) groups excluding carboxylic acids is 1. The summed E-state index contributed by atoms with van der Waals surface area (Å²) < 4.78 is 10.8. The molecule has 0 spiro atoms. The second-order valence-corrected chi connectivity index (χ2v) is 6.01. The van der Waals surface area contributed by atoms with Crippen molar-refractivity contribution in [1.82, 2.24) is 10.2 Å². The van der Waals surface area contributed by atoms with Gasteiger partial charge in [-0.25, -0.2) is 0 Å². The highest BCUT2D eigenvalue weighted by atomic mass is 16.5. The van der Waals surface area contributed by atoms with E-state index in [1.165, 1.54) is 0 Å². The Morgan fingerprint density at radius 3 is 2.48 bits per heavy atom. The minimum atomic E-state index is 0.256. The summed E-state index contributed by atoms with van der Waals surface area (Å²) in [5, 5.41) is 3.22. The van der Waals surface area contributed by atoms with Crippen LogP contribution < -0.4 is 14.8 Å². The van der Waals surface area contributed by atoms with E-state index in [1.807, 2.05) is 36.2 Å². The quantitative estimate of drug-likeness (QED) is 0.747. The van der Waals surface area contributed by atoms with Crippen molar-refractivity contribution >= 4 is 5.91 Å². The maximum absolute atomic E-state index is 12.2. The predicted octanol–water partition coefficient (Wildman–Crippen LogP) is 2.31. The molecule has 5 heteroatoms. The zero-order valence-electron chi connectivity index (χ0n) is 14.2. The van der Waals surface area contributed by atoms with Crippen LogP contribution >= 0.6 is 0 Å². The summed E-state index contributed by atoms with van der Waals surface area (Å²) in [7, 11) is 3.63. The van der Waals surface area contributed by atoms with Crippen LogP contribution in [-0.2, 0) is 4.79 Å². The molecule has 1 aliphatic heterocycles. The van der Waals surface area contributed by atoms with Gasteiger partial charge >= 0.3 is 0 Å². The smallest absolute Gasteiger partial charge is 0.222 e. The number of carbonyl (C=O) groups is 1. The molecule has 1 fully saturated rings. The summed E-state index contributed by atoms with van der Waals surface area (Å²) in [6.07, 6.45) is 3.53. The molecule has 1 heterocycles. The fraction of sp³-hybridized carbons (Fsp3) is 0.611. The third-order valence-electron chi connectivity index (χ3n) is 4.32. The molecule has 1 amide bonds. The van der Waals surface area contributed by atoms with Crippen molar-refractivity contribution in [3.05, 3.63) is 24.3 Å². The van der Waals surface area contributed by atoms with E-state index in [2.05, 4.69) is 5.32 Å². The number of nitrogens with zero attached hydrogens (tertiary/aromatic N) is 1. The summed E-state index contributed by atoms with van der Waals surface area (Å²) in [6, 6.07) is 7.51. The molecule has 0 atom stereocenters. The van der Waals surface area contributed by atoms with E-state index >= 15 is 0 Å². The fourth-order valence-corrected chi connectivity index (χ4v) is 2.92. The Morgan fingerprint density at radius 1 is 1.22 bits per heavy atom. The first-order valence-corrected chi connectivity index (χ1v) is 8.42. The normalized spacial score (nSPS) is 15.5. The van der Waals surface area contributed by atoms with Crippen LogP contribution in [0.2, 0.25) is 0 Å². The number of ether oxygens (including phenoxy) is 2. The minimum absolute atomic E-state index is 0.256. The standard InChI is InChI=1S/C18H28N2O3/c1-19-14-15-9-11-20(12-10-15)18(21)4-3-13-23-17-7-5-16(22-2)6-8-17/h5-8,15,19H,3-4,9-14H2,1-2H3. The van der Waals surface area contributed by atoms with Crippen LogP contribution in [0.15, 0.2) is 24.3 Å². The van der Waals surface area contributed by atoms with Crippen LogP contribution in [0.25, 0.3) is 0 Å². The van der Waals surface area contributed by atoms with Crippen molar-refractivity contribution in [3.63, 3.8) is 0 Å². The van der Waals surface area contributed by atoms with Gasteiger partial charge in [-0.2, -0.15) is 0 Å². The van der Waals surface area contributed by atoms with Gasteiger partial charge in [-0.15, -0.1) is 0 Å². The second kappa shape index (κ2) is 9.40. The first-order chi connectivity index (χ1) is 11.2. The van der Waals surface area contributed by atoms with Gasteiger partial charge in [0.15, 0.2) is 0 Å². The molecule has 1 saturated heterocycles. The summed E-state index contributed by atoms with van der Waals surface area (Å²) >= 11 is 0. The number of hydrogen-bond acceptors (Lipinski definition) is 4. The number of benzene rings is 1. The average molecular weight is 320 g/mol. The molecule has 128 valence electrons. The third-order valence-corrected chi connectivity index (χ3v) is 4.32. The highest BCUT2D eigenvalue weighted by Crippen LogP contribution is 2.19. The van der Waals surface area contributed by atoms with Gasteiger partial charge in [-0.3, -0.25) is 4.79 Å². The monoisotopic (exact) mass is 320 g/mol. The van der Waals surface area contributed by atoms with Crippen LogP contribution in [-0.4, -0.2) is 51.2 Å². The summed E-state index contributed by atoms with van der Waals surface area (Å²) in [5.74, 6) is 2.59. The molecule has 0 saturated carbocycles. The second-order valence-electron chi connectivity index (χ2n) is 6.01. The van der Waals surface area contributed by atoms with E-state index in [0.717, 1.165) is 50.4 Å². The first-order valence-electron chi connectivity index (χ1n) is 8.42. The van der Waals surface area contributed by atoms with Crippen molar-refractivity contribution in [3.8, 4) is 11.5 Å². The maximum atomic E-state index is 12.2. The van der Waals surface area contributed by atoms with Gasteiger partial charge in [0.1, 0.15) is 11.5 Å². The predicted molar refractivity (Wildman–Crippen MR) is 91.0 cm³/mol. The summed E-state index contributed by atoms with van der Waals surface area (Å²) in [4.78, 5) is 14.2. The van der Waals surface area contributed by atoms with E-state index in [0.29, 0.717) is 18.9 Å². The molecule has 0 aromatic heterocycles. The fourth-order valence-electron chi connectivity index (χ4n) is 2.92. The molecular weight excluding hydrogens is 292 g/mol. The molecule has 23 heavy (non-hydrogen) atoms. The van der Waals surface area contributed by atoms with Gasteiger partial charge in [-0.05, 0) is 63.0 Å². The highest BCUT2D eigenvalue weighted by Gasteiger charge is 2.21. The molecule has 0 radical (unpaired) electrons. The van der Waals surface area contributed by atoms with E-state index in [1.54, 1.807) is 7.11 Å². The topological polar surface area (TPSA) is 50.8 Å². The third kappa shape index (κ3) is 5.75. The Labute approximate surface area is 139 Å². The lowest BCUT2D eigenvalue weighted by atomic mass is 9.96. The van der Waals surface area contributed by atoms with Gasteiger partial charge in [-0.1, -0.05) is 0 Å². The van der Waals surface area contributed by atoms with Gasteiger partial charge in [0, 0.05) is 19.5 Å². The number of likely N-dealkylation sites (tertiary alicyclic amines) is 1. The van der Waals surface area contributed by atoms with Gasteiger partial charge < -0.3 is 19.7 Å². The van der Waals surface area contributed by atoms with Crippen molar-refractivity contribution in [1.29, 1.82) is 0 Å². The molecule has 0 bridgehead atoms. The molecule has 5 nitrogen and oxygen atoms in total. The Morgan fingerprint density at radius 2 is 1.87 bits per heavy atom. The van der Waals surface area contributed by atoms with Crippen LogP contribution in [0, 0.1) is 5.92 Å². The lowest BCUT2D eigenvalue weighted by Crippen LogP contribution is -2.40. The zero-order chi connectivity index (χ0) is 16.5. The van der Waals surface area contributed by atoms with E-state index < -0.39 is 0 Å². The SMILES string of the molecule is CNCC1CCN(C(=O)CCCOc2ccc(OC)cc2)CC1. The number of nitrogens with one attached hydrogen (secondary N) is 1. The molecule has 1 N–H and O–H groups in total. The van der Waals surface area contributed by atoms with Gasteiger partial charge in [0.05, 0.1) is 13.7 Å². The number of methoxy groups -OCH3 is 1. The molecular formula is C18H28N2O3. The Kier molecular flexibility index (Phi) is 7.20. The Bertz CT molecular complexity index is 468. The van der Waals surface area contributed by atoms with Crippen LogP contribution in [0.5, 0.6) is 11.5 Å². The molecule has 1 aromatic rings. The first kappa shape index (κ1) is 17.6. The molecule has 2 rings (SSSR count). The average Bonchev–Trinajstić information content (AvgIpc) is 2.60. The van der Waals surface area contributed by atoms with Crippen molar-refractivity contribution in [2.24, 2.45) is 5.92 Å². The number of amides is 1. The van der Waals surface area contributed by atoms with E-state index in [-0.39, 0.29) is 5.91 Å². The van der Waals surface area contributed by atoms with E-state index in [4.69, 9.17) is 9.47 Å². The minimum Gasteiger partial charge on any atom is -0.497 e. The van der Waals surface area contributed by atoms with Crippen molar-refractivity contribution in [2.75, 3.05) is 40.4 Å². The lowest BCUT2D eigenvalue weighted by molar-refractivity contribution is -0.132. The van der Waals surface area contributed by atoms with Crippen LogP contribution in [0.4, 0.5) is 0 Å². The number of rotatable bonds is 8. The number of piperidine rings is 1. The van der Waals surface area contributed by atoms with Crippen molar-refractivity contribution < 1.29 is 14.3 Å². The van der Waals surface area contributed by atoms with Crippen molar-refractivity contribution in [2.45, 2.75) is 25.7 Å². The van der Waals surface area contributed by atoms with Gasteiger partial charge in [0.25, 0.3) is 0 Å². The van der Waals surface area contributed by atoms with Gasteiger partial charge in [0.2, 0.25) is 5.91 Å². The highest BCUT2D eigenvalue weighted by molar-refractivity contribution is 5.76. The molecule has 1 aromatic carbocycles. The lowest BCUT2D eigenvalue weighted by Gasteiger charge is -2.32. The summed E-state index contributed by atoms with van der Waals surface area (Å²) in [6.45, 7) is 3.40. The Balaban J connectivity index is 1.61. The maximum Gasteiger partial charge on any atom is 0.222 e. The summed E-state index contributed by atoms with van der Waals surface area (Å²) in [5.41, 5.74) is 0. The van der Waals surface area contributed by atoms with Crippen LogP contribution in [0.1, 0.15) is 25.7 Å². The molecule has 0 unspecified atom stereocenters. The molecule has 0 aliphatic carbocycles. The van der Waals surface area contributed by atoms with E-state index in [9.17, 15) is 4.79 Å². The zero-order valence-corrected chi connectivity index (χ0v) is 14.2.